The summed E-state index contributed by atoms with van der Waals surface area (Å²) in [5.74, 6) is 1.20. The van der Waals surface area contributed by atoms with E-state index >= 15 is 0 Å². The summed E-state index contributed by atoms with van der Waals surface area (Å²) in [5.41, 5.74) is -2.69. The molecule has 5 fully saturated rings. The summed E-state index contributed by atoms with van der Waals surface area (Å²) in [6, 6.07) is 6.96. The zero-order valence-corrected chi connectivity index (χ0v) is 23.8. The minimum atomic E-state index is -5.78. The molecule has 6 atom stereocenters. The van der Waals surface area contributed by atoms with Crippen LogP contribution in [0.4, 0.5) is 19.1 Å². The second-order valence-corrected chi connectivity index (χ2v) is 14.5. The van der Waals surface area contributed by atoms with Crippen molar-refractivity contribution in [2.75, 3.05) is 24.5 Å². The molecule has 3 aliphatic carbocycles. The highest BCUT2D eigenvalue weighted by molar-refractivity contribution is 7.88. The minimum Gasteiger partial charge on any atom is -0.376 e. The number of hydrogen-bond donors (Lipinski definition) is 0. The zero-order valence-electron chi connectivity index (χ0n) is 23.0. The Morgan fingerprint density at radius 3 is 2.56 bits per heavy atom. The molecule has 4 heterocycles. The summed E-state index contributed by atoms with van der Waals surface area (Å²) >= 11 is 0. The highest BCUT2D eigenvalue weighted by Gasteiger charge is 2.78. The van der Waals surface area contributed by atoms with Crippen LogP contribution in [-0.4, -0.2) is 72.2 Å². The molecule has 2 saturated carbocycles. The Bertz CT molecular complexity index is 1530. The highest BCUT2D eigenvalue weighted by Crippen LogP contribution is 2.70. The fourth-order valence-electron chi connectivity index (χ4n) is 9.30. The summed E-state index contributed by atoms with van der Waals surface area (Å²) in [6.45, 7) is 6.51. The lowest BCUT2D eigenvalue weighted by atomic mass is 9.46. The van der Waals surface area contributed by atoms with Gasteiger partial charge < -0.3 is 13.8 Å². The molecule has 5 unspecified atom stereocenters. The standard InChI is InChI=1S/C29H33F3N4O4S/c1-16-11-17(2)34-26(33-16)36-15-23-25-22(36)7-8-28(39-23)24-12-19-5-6-20(40-41(37,38)29(30,31)32)13-21(19)27(25,28)9-10-35(24)14-18-3-4-18/h5-6,11,13,18,22-25H,3-4,7-10,12,14-15H2,1-2H3/t22?,23-,24?,25?,27?,28?/m1/s1. The molecule has 41 heavy (non-hydrogen) atoms. The number of halogens is 3. The van der Waals surface area contributed by atoms with Gasteiger partial charge in [-0.3, -0.25) is 4.90 Å². The van der Waals surface area contributed by atoms with Gasteiger partial charge in [0.15, 0.2) is 0 Å². The number of benzene rings is 1. The van der Waals surface area contributed by atoms with Gasteiger partial charge in [0.1, 0.15) is 5.75 Å². The maximum Gasteiger partial charge on any atom is 0.534 e. The molecule has 0 spiro atoms. The Labute approximate surface area is 237 Å². The van der Waals surface area contributed by atoms with Crippen LogP contribution in [0.15, 0.2) is 24.3 Å². The van der Waals surface area contributed by atoms with Gasteiger partial charge in [0.05, 0.1) is 11.7 Å². The molecule has 1 aromatic carbocycles. The third-order valence-electron chi connectivity index (χ3n) is 10.7. The van der Waals surface area contributed by atoms with Crippen LogP contribution in [0.25, 0.3) is 0 Å². The van der Waals surface area contributed by atoms with Gasteiger partial charge >= 0.3 is 15.6 Å². The summed E-state index contributed by atoms with van der Waals surface area (Å²) in [6.07, 6.45) is 5.70. The van der Waals surface area contributed by atoms with Crippen LogP contribution in [0, 0.1) is 25.7 Å². The Morgan fingerprint density at radius 2 is 1.85 bits per heavy atom. The molecule has 0 amide bonds. The first-order chi connectivity index (χ1) is 19.4. The maximum atomic E-state index is 13.2. The predicted octanol–water partition coefficient (Wildman–Crippen LogP) is 4.04. The quantitative estimate of drug-likeness (QED) is 0.381. The minimum absolute atomic E-state index is 0.0790. The van der Waals surface area contributed by atoms with Crippen LogP contribution in [0.1, 0.15) is 54.6 Å². The summed E-state index contributed by atoms with van der Waals surface area (Å²) in [4.78, 5) is 14.4. The van der Waals surface area contributed by atoms with Gasteiger partial charge in [-0.25, -0.2) is 9.97 Å². The number of nitrogens with zero attached hydrogens (tertiary/aromatic N) is 4. The van der Waals surface area contributed by atoms with Crippen molar-refractivity contribution in [2.24, 2.45) is 11.8 Å². The highest BCUT2D eigenvalue weighted by atomic mass is 32.2. The lowest BCUT2D eigenvalue weighted by Crippen LogP contribution is -2.74. The number of anilines is 1. The smallest absolute Gasteiger partial charge is 0.376 e. The van der Waals surface area contributed by atoms with Crippen LogP contribution < -0.4 is 9.08 Å². The van der Waals surface area contributed by atoms with Gasteiger partial charge in [0.2, 0.25) is 5.95 Å². The number of likely N-dealkylation sites (tertiary alicyclic amines) is 1. The van der Waals surface area contributed by atoms with Gasteiger partial charge in [-0.15, -0.1) is 0 Å². The maximum absolute atomic E-state index is 13.2. The van der Waals surface area contributed by atoms with E-state index in [2.05, 4.69) is 14.0 Å². The molecule has 220 valence electrons. The van der Waals surface area contributed by atoms with E-state index in [9.17, 15) is 21.6 Å². The summed E-state index contributed by atoms with van der Waals surface area (Å²) in [7, 11) is -5.78. The Kier molecular flexibility index (Phi) is 5.33. The van der Waals surface area contributed by atoms with Gasteiger partial charge in [0.25, 0.3) is 0 Å². The lowest BCUT2D eigenvalue weighted by molar-refractivity contribution is -0.162. The van der Waals surface area contributed by atoms with Crippen molar-refractivity contribution in [3.63, 3.8) is 0 Å². The van der Waals surface area contributed by atoms with Crippen LogP contribution in [0.2, 0.25) is 0 Å². The molecule has 4 bridgehead atoms. The number of rotatable bonds is 5. The number of fused-ring (bicyclic) bond motifs is 1. The number of piperidine rings is 1. The van der Waals surface area contributed by atoms with Crippen molar-refractivity contribution >= 4 is 16.1 Å². The first-order valence-corrected chi connectivity index (χ1v) is 16.0. The first kappa shape index (κ1) is 26.2. The van der Waals surface area contributed by atoms with Crippen molar-refractivity contribution in [1.29, 1.82) is 0 Å². The summed E-state index contributed by atoms with van der Waals surface area (Å²) < 4.78 is 75.5. The average Bonchev–Trinajstić information content (AvgIpc) is 3.57. The second kappa shape index (κ2) is 8.35. The average molecular weight is 591 g/mol. The van der Waals surface area contributed by atoms with Gasteiger partial charge in [-0.2, -0.15) is 21.6 Å². The zero-order chi connectivity index (χ0) is 28.5. The van der Waals surface area contributed by atoms with Crippen LogP contribution in [-0.2, 0) is 26.7 Å². The van der Waals surface area contributed by atoms with E-state index in [0.717, 1.165) is 67.2 Å². The molecule has 0 radical (unpaired) electrons. The van der Waals surface area contributed by atoms with E-state index in [4.69, 9.17) is 14.7 Å². The Morgan fingerprint density at radius 1 is 1.10 bits per heavy atom. The van der Waals surface area contributed by atoms with E-state index < -0.39 is 26.6 Å². The first-order valence-electron chi connectivity index (χ1n) is 14.6. The number of ether oxygens (including phenoxy) is 1. The summed E-state index contributed by atoms with van der Waals surface area (Å²) in [5, 5.41) is 0. The van der Waals surface area contributed by atoms with E-state index in [-0.39, 0.29) is 29.9 Å². The van der Waals surface area contributed by atoms with E-state index in [1.807, 2.05) is 19.9 Å². The van der Waals surface area contributed by atoms with Gasteiger partial charge in [-0.05, 0) is 94.2 Å². The molecule has 3 saturated heterocycles. The molecule has 0 N–H and O–H groups in total. The molecule has 3 aliphatic heterocycles. The fraction of sp³-hybridized carbons (Fsp3) is 0.655. The fourth-order valence-corrected chi connectivity index (χ4v) is 9.76. The monoisotopic (exact) mass is 590 g/mol. The molecule has 8 nitrogen and oxygen atoms in total. The molecular weight excluding hydrogens is 557 g/mol. The van der Waals surface area contributed by atoms with Crippen molar-refractivity contribution in [3.05, 3.63) is 46.8 Å². The number of alkyl halides is 3. The van der Waals surface area contributed by atoms with Gasteiger partial charge in [0, 0.05) is 47.9 Å². The molecule has 8 rings (SSSR count). The number of aryl methyl sites for hydroxylation is 2. The number of hydrogen-bond acceptors (Lipinski definition) is 8. The molecule has 6 aliphatic rings. The van der Waals surface area contributed by atoms with Crippen LogP contribution in [0.3, 0.4) is 0 Å². The van der Waals surface area contributed by atoms with Crippen LogP contribution in [0.5, 0.6) is 5.75 Å². The van der Waals surface area contributed by atoms with Crippen LogP contribution >= 0.6 is 0 Å². The molecular formula is C29H33F3N4O4S. The second-order valence-electron chi connectivity index (χ2n) is 13.0. The van der Waals surface area contributed by atoms with Crippen molar-refractivity contribution in [3.8, 4) is 5.75 Å². The van der Waals surface area contributed by atoms with Gasteiger partial charge in [-0.1, -0.05) is 6.07 Å². The third kappa shape index (κ3) is 3.56. The largest absolute Gasteiger partial charge is 0.534 e. The van der Waals surface area contributed by atoms with E-state index in [1.165, 1.54) is 18.9 Å². The predicted molar refractivity (Wildman–Crippen MR) is 143 cm³/mol. The van der Waals surface area contributed by atoms with Crippen molar-refractivity contribution < 1.29 is 30.5 Å². The molecule has 2 aromatic rings. The van der Waals surface area contributed by atoms with E-state index in [1.54, 1.807) is 12.1 Å². The number of aromatic nitrogens is 2. The third-order valence-corrected chi connectivity index (χ3v) is 11.7. The normalized spacial score (nSPS) is 35.8. The van der Waals surface area contributed by atoms with E-state index in [0.29, 0.717) is 12.5 Å². The topological polar surface area (TPSA) is 84.9 Å². The molecule has 1 aromatic heterocycles. The van der Waals surface area contributed by atoms with Crippen molar-refractivity contribution in [2.45, 2.75) is 87.1 Å². The Balaban J connectivity index is 1.25. The SMILES string of the molecule is Cc1cc(C)nc(N2C[C@H]3OC45CCC2C3C42CCN(CC3CC3)C5Cc3ccc(OS(=O)(=O)C(F)(F)F)cc32)n1. The lowest BCUT2D eigenvalue weighted by Gasteiger charge is -2.64. The molecule has 12 heteroatoms. The van der Waals surface area contributed by atoms with Crippen molar-refractivity contribution in [1.82, 2.24) is 14.9 Å². The Hall–Kier alpha value is -2.44.